The van der Waals surface area contributed by atoms with Crippen molar-refractivity contribution in [3.63, 3.8) is 0 Å². The Hall–Kier alpha value is -0.620. The molecule has 0 unspecified atom stereocenters. The molecule has 6 heteroatoms. The maximum atomic E-state index is 12.2. The molecule has 0 bridgehead atoms. The number of amides is 1. The Morgan fingerprint density at radius 3 is 2.78 bits per heavy atom. The quantitative estimate of drug-likeness (QED) is 0.874. The molecule has 0 atom stereocenters. The Morgan fingerprint density at radius 2 is 2.11 bits per heavy atom. The van der Waals surface area contributed by atoms with Crippen molar-refractivity contribution in [2.75, 3.05) is 18.5 Å². The fraction of sp³-hybridized carbons (Fsp3) is 0.417. The fourth-order valence-corrected chi connectivity index (χ4v) is 2.35. The first kappa shape index (κ1) is 13.8. The summed E-state index contributed by atoms with van der Waals surface area (Å²) in [6, 6.07) is 5.29. The van der Waals surface area contributed by atoms with E-state index in [9.17, 15) is 4.79 Å². The van der Waals surface area contributed by atoms with Crippen molar-refractivity contribution >= 4 is 39.1 Å². The van der Waals surface area contributed by atoms with E-state index in [-0.39, 0.29) is 5.91 Å². The average Bonchev–Trinajstić information content (AvgIpc) is 2.36. The number of anilines is 1. The van der Waals surface area contributed by atoms with Gasteiger partial charge in [-0.25, -0.2) is 0 Å². The summed E-state index contributed by atoms with van der Waals surface area (Å²) in [6.07, 6.45) is 1.05. The number of carbonyl (C=O) groups is 1. The smallest absolute Gasteiger partial charge is 0.244 e. The first-order valence-electron chi connectivity index (χ1n) is 5.65. The van der Waals surface area contributed by atoms with Crippen molar-refractivity contribution in [3.8, 4) is 0 Å². The Bertz CT molecular complexity index is 461. The number of benzene rings is 1. The third-order valence-corrected chi connectivity index (χ3v) is 4.43. The van der Waals surface area contributed by atoms with Crippen molar-refractivity contribution < 1.29 is 9.53 Å². The van der Waals surface area contributed by atoms with Crippen LogP contribution in [0.25, 0.3) is 0 Å². The minimum Gasteiger partial charge on any atom is -0.381 e. The SMILES string of the molecule is NC1(C(=O)Nc2cccc(Cl)c2Br)CCOCC1. The van der Waals surface area contributed by atoms with Gasteiger partial charge in [0.25, 0.3) is 0 Å². The van der Waals surface area contributed by atoms with E-state index in [0.29, 0.717) is 41.2 Å². The van der Waals surface area contributed by atoms with Crippen LogP contribution in [0.3, 0.4) is 0 Å². The third kappa shape index (κ3) is 2.85. The molecule has 1 aromatic carbocycles. The van der Waals surface area contributed by atoms with Crippen molar-refractivity contribution in [1.82, 2.24) is 0 Å². The summed E-state index contributed by atoms with van der Waals surface area (Å²) < 4.78 is 5.88. The van der Waals surface area contributed by atoms with Gasteiger partial charge in [-0.3, -0.25) is 4.79 Å². The van der Waals surface area contributed by atoms with Crippen LogP contribution >= 0.6 is 27.5 Å². The van der Waals surface area contributed by atoms with E-state index in [2.05, 4.69) is 21.2 Å². The summed E-state index contributed by atoms with van der Waals surface area (Å²) in [4.78, 5) is 12.2. The molecule has 2 rings (SSSR count). The van der Waals surface area contributed by atoms with Gasteiger partial charge in [-0.1, -0.05) is 17.7 Å². The lowest BCUT2D eigenvalue weighted by atomic mass is 9.90. The molecule has 1 saturated heterocycles. The Morgan fingerprint density at radius 1 is 1.44 bits per heavy atom. The molecule has 0 saturated carbocycles. The summed E-state index contributed by atoms with van der Waals surface area (Å²) >= 11 is 9.31. The van der Waals surface area contributed by atoms with Crippen LogP contribution in [0.5, 0.6) is 0 Å². The van der Waals surface area contributed by atoms with Gasteiger partial charge in [0.2, 0.25) is 5.91 Å². The molecule has 1 amide bonds. The number of ether oxygens (including phenoxy) is 1. The van der Waals surface area contributed by atoms with Crippen LogP contribution in [-0.2, 0) is 9.53 Å². The Kier molecular flexibility index (Phi) is 4.27. The average molecular weight is 334 g/mol. The van der Waals surface area contributed by atoms with Crippen LogP contribution in [0.1, 0.15) is 12.8 Å². The molecule has 18 heavy (non-hydrogen) atoms. The highest BCUT2D eigenvalue weighted by Crippen LogP contribution is 2.31. The molecular formula is C12H14BrClN2O2. The molecule has 4 nitrogen and oxygen atoms in total. The molecule has 1 aliphatic rings. The van der Waals surface area contributed by atoms with E-state index in [1.165, 1.54) is 0 Å². The lowest BCUT2D eigenvalue weighted by molar-refractivity contribution is -0.124. The fourth-order valence-electron chi connectivity index (χ4n) is 1.81. The number of nitrogens with two attached hydrogens (primary N) is 1. The molecule has 98 valence electrons. The Labute approximate surface area is 119 Å². The summed E-state index contributed by atoms with van der Waals surface area (Å²) in [7, 11) is 0. The number of nitrogens with one attached hydrogen (secondary N) is 1. The topological polar surface area (TPSA) is 64.4 Å². The van der Waals surface area contributed by atoms with Crippen LogP contribution < -0.4 is 11.1 Å². The van der Waals surface area contributed by atoms with Crippen LogP contribution in [-0.4, -0.2) is 24.7 Å². The summed E-state index contributed by atoms with van der Waals surface area (Å²) in [5.41, 5.74) is 5.87. The molecule has 0 radical (unpaired) electrons. The van der Waals surface area contributed by atoms with Crippen LogP contribution in [0.4, 0.5) is 5.69 Å². The number of rotatable bonds is 2. The van der Waals surface area contributed by atoms with E-state index >= 15 is 0 Å². The van der Waals surface area contributed by atoms with Crippen LogP contribution in [0, 0.1) is 0 Å². The standard InChI is InChI=1S/C12H14BrClN2O2/c13-10-8(14)2-1-3-9(10)16-11(17)12(15)4-6-18-7-5-12/h1-3H,4-7,15H2,(H,16,17). The lowest BCUT2D eigenvalue weighted by Crippen LogP contribution is -2.54. The maximum absolute atomic E-state index is 12.2. The number of hydrogen-bond donors (Lipinski definition) is 2. The van der Waals surface area contributed by atoms with Gasteiger partial charge in [-0.05, 0) is 40.9 Å². The van der Waals surface area contributed by atoms with Crippen LogP contribution in [0.15, 0.2) is 22.7 Å². The number of carbonyl (C=O) groups excluding carboxylic acids is 1. The first-order chi connectivity index (χ1) is 8.53. The maximum Gasteiger partial charge on any atom is 0.244 e. The highest BCUT2D eigenvalue weighted by Gasteiger charge is 2.36. The van der Waals surface area contributed by atoms with Gasteiger partial charge in [0.15, 0.2) is 0 Å². The van der Waals surface area contributed by atoms with Gasteiger partial charge in [-0.2, -0.15) is 0 Å². The lowest BCUT2D eigenvalue weighted by Gasteiger charge is -2.31. The molecule has 0 spiro atoms. The van der Waals surface area contributed by atoms with Crippen LogP contribution in [0.2, 0.25) is 5.02 Å². The number of halogens is 2. The van der Waals surface area contributed by atoms with E-state index in [1.54, 1.807) is 18.2 Å². The molecular weight excluding hydrogens is 320 g/mol. The van der Waals surface area contributed by atoms with Gasteiger partial charge < -0.3 is 15.8 Å². The highest BCUT2D eigenvalue weighted by molar-refractivity contribution is 9.10. The van der Waals surface area contributed by atoms with Gasteiger partial charge in [0.1, 0.15) is 5.54 Å². The molecule has 1 fully saturated rings. The second-order valence-corrected chi connectivity index (χ2v) is 5.52. The van der Waals surface area contributed by atoms with Crippen molar-refractivity contribution in [3.05, 3.63) is 27.7 Å². The third-order valence-electron chi connectivity index (χ3n) is 3.04. The zero-order valence-electron chi connectivity index (χ0n) is 9.71. The van der Waals surface area contributed by atoms with E-state index in [4.69, 9.17) is 22.1 Å². The van der Waals surface area contributed by atoms with Gasteiger partial charge in [-0.15, -0.1) is 0 Å². The molecule has 0 aliphatic carbocycles. The zero-order valence-corrected chi connectivity index (χ0v) is 12.1. The second kappa shape index (κ2) is 5.57. The molecule has 0 aromatic heterocycles. The van der Waals surface area contributed by atoms with Gasteiger partial charge in [0, 0.05) is 13.2 Å². The molecule has 1 heterocycles. The molecule has 3 N–H and O–H groups in total. The summed E-state index contributed by atoms with van der Waals surface area (Å²) in [6.45, 7) is 1.03. The van der Waals surface area contributed by atoms with E-state index in [0.717, 1.165) is 0 Å². The highest BCUT2D eigenvalue weighted by atomic mass is 79.9. The predicted molar refractivity (Wildman–Crippen MR) is 74.8 cm³/mol. The van der Waals surface area contributed by atoms with Gasteiger partial charge in [0.05, 0.1) is 15.2 Å². The van der Waals surface area contributed by atoms with Crippen molar-refractivity contribution in [2.24, 2.45) is 5.73 Å². The van der Waals surface area contributed by atoms with E-state index in [1.807, 2.05) is 0 Å². The normalized spacial score (nSPS) is 18.4. The summed E-state index contributed by atoms with van der Waals surface area (Å²) in [5.74, 6) is -0.200. The van der Waals surface area contributed by atoms with Crippen molar-refractivity contribution in [2.45, 2.75) is 18.4 Å². The predicted octanol–water partition coefficient (Wildman–Crippen LogP) is 2.55. The molecule has 1 aliphatic heterocycles. The zero-order chi connectivity index (χ0) is 13.2. The largest absolute Gasteiger partial charge is 0.381 e. The monoisotopic (exact) mass is 332 g/mol. The minimum absolute atomic E-state index is 0.200. The first-order valence-corrected chi connectivity index (χ1v) is 6.82. The molecule has 1 aromatic rings. The second-order valence-electron chi connectivity index (χ2n) is 4.32. The minimum atomic E-state index is -0.861. The Balaban J connectivity index is 2.13. The summed E-state index contributed by atoms with van der Waals surface area (Å²) in [5, 5.41) is 3.36. The van der Waals surface area contributed by atoms with E-state index < -0.39 is 5.54 Å². The van der Waals surface area contributed by atoms with Crippen molar-refractivity contribution in [1.29, 1.82) is 0 Å². The number of hydrogen-bond acceptors (Lipinski definition) is 3. The van der Waals surface area contributed by atoms with Gasteiger partial charge >= 0.3 is 0 Å².